The number of likely N-dealkylation sites (tertiary alicyclic amines) is 1. The highest BCUT2D eigenvalue weighted by Gasteiger charge is 2.34. The average Bonchev–Trinajstić information content (AvgIpc) is 2.99. The van der Waals surface area contributed by atoms with Crippen molar-refractivity contribution in [3.63, 3.8) is 0 Å². The molecular formula is C12H22N2O3S. The van der Waals surface area contributed by atoms with Gasteiger partial charge in [-0.2, -0.15) is 0 Å². The summed E-state index contributed by atoms with van der Waals surface area (Å²) in [6.45, 7) is 1.43. The SMILES string of the molecule is CNC(CS(=O)(=O)CC(=O)N1CCCC1)C1CC1. The molecule has 0 radical (unpaired) electrons. The van der Waals surface area contributed by atoms with E-state index in [0.29, 0.717) is 19.0 Å². The number of nitrogens with one attached hydrogen (secondary N) is 1. The Morgan fingerprint density at radius 2 is 1.94 bits per heavy atom. The van der Waals surface area contributed by atoms with E-state index in [1.165, 1.54) is 0 Å². The quantitative estimate of drug-likeness (QED) is 0.741. The minimum atomic E-state index is -3.29. The lowest BCUT2D eigenvalue weighted by atomic mass is 10.2. The molecule has 0 aromatic rings. The second-order valence-corrected chi connectivity index (χ2v) is 7.48. The molecule has 1 amide bonds. The predicted octanol–water partition coefficient (Wildman–Crippen LogP) is 0.0216. The highest BCUT2D eigenvalue weighted by Crippen LogP contribution is 2.33. The Bertz CT molecular complexity index is 398. The van der Waals surface area contributed by atoms with Crippen LogP contribution in [-0.4, -0.2) is 56.9 Å². The molecule has 1 aliphatic carbocycles. The zero-order chi connectivity index (χ0) is 13.2. The summed E-state index contributed by atoms with van der Waals surface area (Å²) in [5.41, 5.74) is 0. The van der Waals surface area contributed by atoms with Gasteiger partial charge in [-0.25, -0.2) is 8.42 Å². The molecule has 104 valence electrons. The molecular weight excluding hydrogens is 252 g/mol. The molecule has 2 rings (SSSR count). The van der Waals surface area contributed by atoms with E-state index in [-0.39, 0.29) is 23.5 Å². The van der Waals surface area contributed by atoms with Crippen molar-refractivity contribution >= 4 is 15.7 Å². The minimum Gasteiger partial charge on any atom is -0.342 e. The summed E-state index contributed by atoms with van der Waals surface area (Å²) < 4.78 is 24.0. The van der Waals surface area contributed by atoms with Crippen LogP contribution in [0.4, 0.5) is 0 Å². The molecule has 1 N–H and O–H groups in total. The highest BCUT2D eigenvalue weighted by molar-refractivity contribution is 7.92. The molecule has 1 unspecified atom stereocenters. The van der Waals surface area contributed by atoms with Gasteiger partial charge in [-0.15, -0.1) is 0 Å². The Balaban J connectivity index is 1.87. The van der Waals surface area contributed by atoms with Gasteiger partial charge in [-0.1, -0.05) is 0 Å². The van der Waals surface area contributed by atoms with Gasteiger partial charge in [-0.3, -0.25) is 4.79 Å². The monoisotopic (exact) mass is 274 g/mol. The molecule has 1 saturated carbocycles. The van der Waals surface area contributed by atoms with E-state index in [0.717, 1.165) is 25.7 Å². The van der Waals surface area contributed by atoms with E-state index in [1.807, 2.05) is 0 Å². The smallest absolute Gasteiger partial charge is 0.237 e. The number of hydrogen-bond acceptors (Lipinski definition) is 4. The summed E-state index contributed by atoms with van der Waals surface area (Å²) in [4.78, 5) is 13.5. The summed E-state index contributed by atoms with van der Waals surface area (Å²) in [7, 11) is -1.50. The van der Waals surface area contributed by atoms with E-state index in [4.69, 9.17) is 0 Å². The third-order valence-corrected chi connectivity index (χ3v) is 5.35. The van der Waals surface area contributed by atoms with E-state index in [9.17, 15) is 13.2 Å². The third kappa shape index (κ3) is 3.68. The molecule has 18 heavy (non-hydrogen) atoms. The van der Waals surface area contributed by atoms with Crippen LogP contribution in [-0.2, 0) is 14.6 Å². The Labute approximate surface area is 109 Å². The Morgan fingerprint density at radius 3 is 2.44 bits per heavy atom. The molecule has 1 saturated heterocycles. The van der Waals surface area contributed by atoms with Crippen molar-refractivity contribution in [1.82, 2.24) is 10.2 Å². The van der Waals surface area contributed by atoms with Gasteiger partial charge in [0, 0.05) is 19.1 Å². The van der Waals surface area contributed by atoms with Crippen molar-refractivity contribution in [3.05, 3.63) is 0 Å². The molecule has 2 aliphatic rings. The molecule has 0 bridgehead atoms. The van der Waals surface area contributed by atoms with Crippen molar-refractivity contribution in [2.45, 2.75) is 31.7 Å². The number of sulfone groups is 1. The van der Waals surface area contributed by atoms with Gasteiger partial charge < -0.3 is 10.2 Å². The van der Waals surface area contributed by atoms with Gasteiger partial charge in [0.05, 0.1) is 5.75 Å². The molecule has 1 heterocycles. The largest absolute Gasteiger partial charge is 0.342 e. The molecule has 0 spiro atoms. The summed E-state index contributed by atoms with van der Waals surface area (Å²) in [6.07, 6.45) is 4.18. The van der Waals surface area contributed by atoms with Crippen molar-refractivity contribution in [2.24, 2.45) is 5.92 Å². The number of amides is 1. The van der Waals surface area contributed by atoms with Crippen LogP contribution >= 0.6 is 0 Å². The summed E-state index contributed by atoms with van der Waals surface area (Å²) in [6, 6.07) is 0.0152. The number of rotatable bonds is 6. The summed E-state index contributed by atoms with van der Waals surface area (Å²) in [5.74, 6) is 0.0239. The van der Waals surface area contributed by atoms with Crippen LogP contribution in [0.5, 0.6) is 0 Å². The first kappa shape index (κ1) is 13.8. The Hall–Kier alpha value is -0.620. The molecule has 6 heteroatoms. The molecule has 1 atom stereocenters. The standard InChI is InChI=1S/C12H22N2O3S/c1-13-11(10-4-5-10)8-18(16,17)9-12(15)14-6-2-3-7-14/h10-11,13H,2-9H2,1H3. The lowest BCUT2D eigenvalue weighted by molar-refractivity contribution is -0.127. The van der Waals surface area contributed by atoms with E-state index in [2.05, 4.69) is 5.32 Å². The first-order valence-corrected chi connectivity index (χ1v) is 8.49. The van der Waals surface area contributed by atoms with Gasteiger partial charge in [0.1, 0.15) is 5.75 Å². The zero-order valence-electron chi connectivity index (χ0n) is 10.9. The van der Waals surface area contributed by atoms with Gasteiger partial charge in [0.25, 0.3) is 0 Å². The zero-order valence-corrected chi connectivity index (χ0v) is 11.7. The lowest BCUT2D eigenvalue weighted by Crippen LogP contribution is -2.39. The van der Waals surface area contributed by atoms with Gasteiger partial charge >= 0.3 is 0 Å². The maximum atomic E-state index is 12.0. The third-order valence-electron chi connectivity index (χ3n) is 3.80. The summed E-state index contributed by atoms with van der Waals surface area (Å²) >= 11 is 0. The van der Waals surface area contributed by atoms with Crippen LogP contribution in [0.1, 0.15) is 25.7 Å². The Morgan fingerprint density at radius 1 is 1.33 bits per heavy atom. The maximum absolute atomic E-state index is 12.0. The fourth-order valence-corrected chi connectivity index (χ4v) is 4.19. The topological polar surface area (TPSA) is 66.5 Å². The first-order valence-electron chi connectivity index (χ1n) is 6.67. The van der Waals surface area contributed by atoms with Gasteiger partial charge in [0.15, 0.2) is 9.84 Å². The summed E-state index contributed by atoms with van der Waals surface area (Å²) in [5, 5.41) is 3.06. The molecule has 0 aromatic heterocycles. The van der Waals surface area contributed by atoms with Crippen molar-refractivity contribution in [3.8, 4) is 0 Å². The second-order valence-electron chi connectivity index (χ2n) is 5.38. The van der Waals surface area contributed by atoms with E-state index >= 15 is 0 Å². The van der Waals surface area contributed by atoms with Crippen LogP contribution in [0.3, 0.4) is 0 Å². The van der Waals surface area contributed by atoms with Crippen LogP contribution in [0.25, 0.3) is 0 Å². The van der Waals surface area contributed by atoms with Crippen molar-refractivity contribution < 1.29 is 13.2 Å². The number of carbonyl (C=O) groups is 1. The number of hydrogen-bond donors (Lipinski definition) is 1. The van der Waals surface area contributed by atoms with Crippen LogP contribution in [0, 0.1) is 5.92 Å². The lowest BCUT2D eigenvalue weighted by Gasteiger charge is -2.18. The number of carbonyl (C=O) groups excluding carboxylic acids is 1. The number of nitrogens with zero attached hydrogens (tertiary/aromatic N) is 1. The normalized spacial score (nSPS) is 22.2. The predicted molar refractivity (Wildman–Crippen MR) is 70.0 cm³/mol. The van der Waals surface area contributed by atoms with Crippen molar-refractivity contribution in [1.29, 1.82) is 0 Å². The molecule has 5 nitrogen and oxygen atoms in total. The van der Waals surface area contributed by atoms with Crippen LogP contribution in [0.2, 0.25) is 0 Å². The van der Waals surface area contributed by atoms with Crippen LogP contribution < -0.4 is 5.32 Å². The van der Waals surface area contributed by atoms with Gasteiger partial charge in [-0.05, 0) is 38.6 Å². The first-order chi connectivity index (χ1) is 8.52. The van der Waals surface area contributed by atoms with Gasteiger partial charge in [0.2, 0.25) is 5.91 Å². The van der Waals surface area contributed by atoms with Crippen molar-refractivity contribution in [2.75, 3.05) is 31.6 Å². The fraction of sp³-hybridized carbons (Fsp3) is 0.917. The van der Waals surface area contributed by atoms with Crippen LogP contribution in [0.15, 0.2) is 0 Å². The van der Waals surface area contributed by atoms with E-state index in [1.54, 1.807) is 11.9 Å². The minimum absolute atomic E-state index is 0.0152. The molecule has 1 aliphatic heterocycles. The Kier molecular flexibility index (Phi) is 4.27. The second kappa shape index (κ2) is 5.57. The maximum Gasteiger partial charge on any atom is 0.237 e. The molecule has 0 aromatic carbocycles. The average molecular weight is 274 g/mol. The highest BCUT2D eigenvalue weighted by atomic mass is 32.2. The molecule has 2 fully saturated rings. The van der Waals surface area contributed by atoms with E-state index < -0.39 is 9.84 Å². The fourth-order valence-electron chi connectivity index (χ4n) is 2.53.